The smallest absolute Gasteiger partial charge is 0.251 e. The first kappa shape index (κ1) is 17.9. The van der Waals surface area contributed by atoms with E-state index in [4.69, 9.17) is 4.42 Å². The number of likely N-dealkylation sites (N-methyl/N-ethyl adjacent to an activating group) is 1. The van der Waals surface area contributed by atoms with Crippen LogP contribution < -0.4 is 10.9 Å². The number of para-hydroxylation sites is 1. The Morgan fingerprint density at radius 3 is 2.77 bits per heavy atom. The van der Waals surface area contributed by atoms with Gasteiger partial charge in [-0.15, -0.1) is 0 Å². The maximum absolute atomic E-state index is 12.2. The van der Waals surface area contributed by atoms with Gasteiger partial charge < -0.3 is 14.7 Å². The van der Waals surface area contributed by atoms with Crippen molar-refractivity contribution in [2.75, 3.05) is 20.6 Å². The van der Waals surface area contributed by atoms with Gasteiger partial charge >= 0.3 is 0 Å². The van der Waals surface area contributed by atoms with Crippen molar-refractivity contribution in [1.29, 1.82) is 0 Å². The van der Waals surface area contributed by atoms with Gasteiger partial charge in [-0.2, -0.15) is 0 Å². The number of carbonyl (C=O) groups excluding carboxylic acids is 1. The van der Waals surface area contributed by atoms with E-state index in [0.29, 0.717) is 18.5 Å². The number of rotatable bonds is 7. The molecule has 0 bridgehead atoms. The predicted molar refractivity (Wildman–Crippen MR) is 101 cm³/mol. The molecule has 1 aromatic carbocycles. The van der Waals surface area contributed by atoms with Crippen LogP contribution in [0.25, 0.3) is 10.9 Å². The molecule has 0 saturated heterocycles. The lowest BCUT2D eigenvalue weighted by Crippen LogP contribution is -2.34. The van der Waals surface area contributed by atoms with Crippen molar-refractivity contribution in [2.45, 2.75) is 18.9 Å². The molecule has 6 nitrogen and oxygen atoms in total. The Morgan fingerprint density at radius 2 is 2.04 bits per heavy atom. The van der Waals surface area contributed by atoms with Crippen LogP contribution >= 0.6 is 0 Å². The molecule has 2 heterocycles. The second-order valence-electron chi connectivity index (χ2n) is 6.51. The molecule has 0 spiro atoms. The SMILES string of the molecule is CN(C)C(CNC(=O)CCc1cc2ccccc2[nH]c1=O)c1ccco1. The van der Waals surface area contributed by atoms with Crippen LogP contribution in [0, 0.1) is 0 Å². The van der Waals surface area contributed by atoms with Crippen molar-refractivity contribution in [3.8, 4) is 0 Å². The first-order valence-electron chi connectivity index (χ1n) is 8.62. The summed E-state index contributed by atoms with van der Waals surface area (Å²) in [7, 11) is 3.88. The molecule has 0 saturated carbocycles. The summed E-state index contributed by atoms with van der Waals surface area (Å²) in [5, 5.41) is 3.89. The summed E-state index contributed by atoms with van der Waals surface area (Å²) in [4.78, 5) is 29.2. The summed E-state index contributed by atoms with van der Waals surface area (Å²) in [5.41, 5.74) is 1.28. The zero-order valence-corrected chi connectivity index (χ0v) is 15.0. The Hall–Kier alpha value is -2.86. The minimum absolute atomic E-state index is 0.0296. The number of hydrogen-bond acceptors (Lipinski definition) is 4. The predicted octanol–water partition coefficient (Wildman–Crippen LogP) is 2.47. The first-order valence-corrected chi connectivity index (χ1v) is 8.62. The maximum atomic E-state index is 12.2. The van der Waals surface area contributed by atoms with E-state index in [1.165, 1.54) is 0 Å². The van der Waals surface area contributed by atoms with Crippen LogP contribution in [0.4, 0.5) is 0 Å². The average Bonchev–Trinajstić information content (AvgIpc) is 3.14. The fourth-order valence-corrected chi connectivity index (χ4v) is 2.94. The number of hydrogen-bond donors (Lipinski definition) is 2. The molecule has 0 fully saturated rings. The van der Waals surface area contributed by atoms with E-state index in [0.717, 1.165) is 16.7 Å². The quantitative estimate of drug-likeness (QED) is 0.684. The standard InChI is InChI=1S/C20H23N3O3/c1-23(2)17(18-8-5-11-26-18)13-21-19(24)10-9-15-12-14-6-3-4-7-16(14)22-20(15)25/h3-8,11-12,17H,9-10,13H2,1-2H3,(H,21,24)(H,22,25). The highest BCUT2D eigenvalue weighted by Gasteiger charge is 2.17. The Kier molecular flexibility index (Phi) is 5.53. The van der Waals surface area contributed by atoms with Crippen molar-refractivity contribution >= 4 is 16.8 Å². The van der Waals surface area contributed by atoms with E-state index in [1.807, 2.05) is 61.5 Å². The Labute approximate surface area is 151 Å². The Bertz CT molecular complexity index is 929. The highest BCUT2D eigenvalue weighted by atomic mass is 16.3. The van der Waals surface area contributed by atoms with E-state index in [1.54, 1.807) is 6.26 Å². The summed E-state index contributed by atoms with van der Waals surface area (Å²) in [6, 6.07) is 13.2. The normalized spacial score (nSPS) is 12.4. The number of nitrogens with one attached hydrogen (secondary N) is 2. The van der Waals surface area contributed by atoms with Gasteiger partial charge in [0.05, 0.1) is 12.3 Å². The first-order chi connectivity index (χ1) is 12.5. The van der Waals surface area contributed by atoms with Crippen LogP contribution in [0.15, 0.2) is 57.9 Å². The zero-order valence-electron chi connectivity index (χ0n) is 15.0. The van der Waals surface area contributed by atoms with Gasteiger partial charge in [0, 0.05) is 24.0 Å². The minimum Gasteiger partial charge on any atom is -0.468 e. The minimum atomic E-state index is -0.141. The van der Waals surface area contributed by atoms with Gasteiger partial charge in [0.15, 0.2) is 0 Å². The molecule has 1 atom stereocenters. The van der Waals surface area contributed by atoms with Crippen molar-refractivity contribution in [1.82, 2.24) is 15.2 Å². The third-order valence-corrected chi connectivity index (χ3v) is 4.44. The van der Waals surface area contributed by atoms with Crippen molar-refractivity contribution in [3.05, 3.63) is 70.4 Å². The number of carbonyl (C=O) groups is 1. The summed E-state index contributed by atoms with van der Waals surface area (Å²) in [5.74, 6) is 0.720. The Morgan fingerprint density at radius 1 is 1.23 bits per heavy atom. The van der Waals surface area contributed by atoms with Gasteiger partial charge in [-0.1, -0.05) is 18.2 Å². The summed E-state index contributed by atoms with van der Waals surface area (Å²) in [6.45, 7) is 0.452. The van der Waals surface area contributed by atoms with Gasteiger partial charge in [-0.3, -0.25) is 14.5 Å². The van der Waals surface area contributed by atoms with Gasteiger partial charge in [0.25, 0.3) is 5.56 Å². The van der Waals surface area contributed by atoms with Crippen molar-refractivity contribution < 1.29 is 9.21 Å². The number of fused-ring (bicyclic) bond motifs is 1. The van der Waals surface area contributed by atoms with Gasteiger partial charge in [0.1, 0.15) is 5.76 Å². The molecule has 2 N–H and O–H groups in total. The number of H-pyrrole nitrogens is 1. The van der Waals surface area contributed by atoms with E-state index in [2.05, 4.69) is 10.3 Å². The number of nitrogens with zero attached hydrogens (tertiary/aromatic N) is 1. The highest BCUT2D eigenvalue weighted by molar-refractivity contribution is 5.79. The van der Waals surface area contributed by atoms with Crippen LogP contribution in [-0.2, 0) is 11.2 Å². The fraction of sp³-hybridized carbons (Fsp3) is 0.300. The molecule has 2 aromatic heterocycles. The van der Waals surface area contributed by atoms with Crippen molar-refractivity contribution in [3.63, 3.8) is 0 Å². The molecular formula is C20H23N3O3. The van der Waals surface area contributed by atoms with E-state index in [-0.39, 0.29) is 23.9 Å². The molecule has 3 aromatic rings. The number of furan rings is 1. The van der Waals surface area contributed by atoms with Crippen LogP contribution in [0.1, 0.15) is 23.8 Å². The van der Waals surface area contributed by atoms with Crippen LogP contribution in [-0.4, -0.2) is 36.4 Å². The lowest BCUT2D eigenvalue weighted by molar-refractivity contribution is -0.121. The molecule has 3 rings (SSSR count). The van der Waals surface area contributed by atoms with Crippen LogP contribution in [0.3, 0.4) is 0 Å². The van der Waals surface area contributed by atoms with Gasteiger partial charge in [-0.05, 0) is 50.2 Å². The molecule has 0 aliphatic heterocycles. The van der Waals surface area contributed by atoms with E-state index in [9.17, 15) is 9.59 Å². The molecular weight excluding hydrogens is 330 g/mol. The van der Waals surface area contributed by atoms with Crippen LogP contribution in [0.5, 0.6) is 0 Å². The third-order valence-electron chi connectivity index (χ3n) is 4.44. The number of aromatic amines is 1. The van der Waals surface area contributed by atoms with E-state index >= 15 is 0 Å². The van der Waals surface area contributed by atoms with Crippen LogP contribution in [0.2, 0.25) is 0 Å². The van der Waals surface area contributed by atoms with Gasteiger partial charge in [0.2, 0.25) is 5.91 Å². The maximum Gasteiger partial charge on any atom is 0.251 e. The molecule has 1 unspecified atom stereocenters. The monoisotopic (exact) mass is 353 g/mol. The number of aromatic nitrogens is 1. The highest BCUT2D eigenvalue weighted by Crippen LogP contribution is 2.17. The number of pyridine rings is 1. The fourth-order valence-electron chi connectivity index (χ4n) is 2.94. The molecule has 6 heteroatoms. The number of amides is 1. The Balaban J connectivity index is 1.59. The molecule has 1 amide bonds. The topological polar surface area (TPSA) is 78.3 Å². The van der Waals surface area contributed by atoms with Gasteiger partial charge in [-0.25, -0.2) is 0 Å². The number of aryl methyl sites for hydroxylation is 1. The lowest BCUT2D eigenvalue weighted by Gasteiger charge is -2.22. The second kappa shape index (κ2) is 8.01. The molecule has 0 aliphatic rings. The summed E-state index contributed by atoms with van der Waals surface area (Å²) < 4.78 is 5.44. The molecule has 0 aliphatic carbocycles. The molecule has 26 heavy (non-hydrogen) atoms. The van der Waals surface area contributed by atoms with Crippen molar-refractivity contribution in [2.24, 2.45) is 0 Å². The second-order valence-corrected chi connectivity index (χ2v) is 6.51. The third kappa shape index (κ3) is 4.21. The summed E-state index contributed by atoms with van der Waals surface area (Å²) in [6.07, 6.45) is 2.29. The number of benzene rings is 1. The zero-order chi connectivity index (χ0) is 18.5. The van der Waals surface area contributed by atoms with E-state index < -0.39 is 0 Å². The average molecular weight is 353 g/mol. The molecule has 0 radical (unpaired) electrons. The molecule has 136 valence electrons. The largest absolute Gasteiger partial charge is 0.468 e. The summed E-state index contributed by atoms with van der Waals surface area (Å²) >= 11 is 0. The lowest BCUT2D eigenvalue weighted by atomic mass is 10.1.